The van der Waals surface area contributed by atoms with Crippen LogP contribution in [-0.2, 0) is 11.3 Å². The Kier molecular flexibility index (Phi) is 6.03. The maximum absolute atomic E-state index is 12.2. The summed E-state index contributed by atoms with van der Waals surface area (Å²) in [6.45, 7) is 5.46. The van der Waals surface area contributed by atoms with Crippen LogP contribution >= 0.6 is 11.6 Å². The van der Waals surface area contributed by atoms with Crippen molar-refractivity contribution in [2.45, 2.75) is 33.4 Å². The number of halogens is 1. The SMILES string of the molecule is COC(=O)c1cc(CNC(=O)c2cnc(OC(C)C)c(Cl)c2)oc1C. The van der Waals surface area contributed by atoms with Crippen molar-refractivity contribution in [3.8, 4) is 5.88 Å². The molecule has 7 nitrogen and oxygen atoms in total. The highest BCUT2D eigenvalue weighted by Gasteiger charge is 2.16. The molecule has 2 aromatic rings. The van der Waals surface area contributed by atoms with Crippen molar-refractivity contribution in [3.05, 3.63) is 46.0 Å². The van der Waals surface area contributed by atoms with E-state index < -0.39 is 5.97 Å². The standard InChI is InChI=1S/C17H19ClN2O5/c1-9(2)24-16-14(18)5-11(7-20-16)15(21)19-8-12-6-13(10(3)25-12)17(22)23-4/h5-7,9H,8H2,1-4H3,(H,19,21). The molecule has 0 aliphatic carbocycles. The molecule has 25 heavy (non-hydrogen) atoms. The summed E-state index contributed by atoms with van der Waals surface area (Å²) in [5.74, 6) is 0.272. The number of nitrogens with one attached hydrogen (secondary N) is 1. The van der Waals surface area contributed by atoms with Gasteiger partial charge in [0.1, 0.15) is 22.1 Å². The topological polar surface area (TPSA) is 90.7 Å². The second-order valence-electron chi connectivity index (χ2n) is 5.53. The summed E-state index contributed by atoms with van der Waals surface area (Å²) in [7, 11) is 1.29. The first-order valence-electron chi connectivity index (χ1n) is 7.59. The van der Waals surface area contributed by atoms with Gasteiger partial charge in [0.25, 0.3) is 5.91 Å². The molecule has 8 heteroatoms. The summed E-state index contributed by atoms with van der Waals surface area (Å²) in [5.41, 5.74) is 0.615. The van der Waals surface area contributed by atoms with Gasteiger partial charge in [0.2, 0.25) is 5.88 Å². The van der Waals surface area contributed by atoms with Crippen molar-refractivity contribution >= 4 is 23.5 Å². The number of nitrogens with zero attached hydrogens (tertiary/aromatic N) is 1. The molecule has 1 amide bonds. The molecule has 0 unspecified atom stereocenters. The zero-order chi connectivity index (χ0) is 18.6. The number of amides is 1. The van der Waals surface area contributed by atoms with E-state index in [9.17, 15) is 9.59 Å². The number of aromatic nitrogens is 1. The molecule has 2 rings (SSSR count). The van der Waals surface area contributed by atoms with Crippen LogP contribution in [0.3, 0.4) is 0 Å². The zero-order valence-corrected chi connectivity index (χ0v) is 15.1. The van der Waals surface area contributed by atoms with Gasteiger partial charge >= 0.3 is 5.97 Å². The van der Waals surface area contributed by atoms with Crippen LogP contribution in [0.4, 0.5) is 0 Å². The molecule has 0 aromatic carbocycles. The van der Waals surface area contributed by atoms with E-state index in [1.165, 1.54) is 25.4 Å². The second-order valence-corrected chi connectivity index (χ2v) is 5.94. The van der Waals surface area contributed by atoms with E-state index in [-0.39, 0.29) is 35.0 Å². The molecular formula is C17H19ClN2O5. The van der Waals surface area contributed by atoms with Gasteiger partial charge in [-0.1, -0.05) is 11.6 Å². The van der Waals surface area contributed by atoms with Crippen molar-refractivity contribution in [1.82, 2.24) is 10.3 Å². The van der Waals surface area contributed by atoms with Crippen LogP contribution in [0.5, 0.6) is 5.88 Å². The van der Waals surface area contributed by atoms with Gasteiger partial charge in [-0.3, -0.25) is 4.79 Å². The fourth-order valence-corrected chi connectivity index (χ4v) is 2.28. The van der Waals surface area contributed by atoms with Gasteiger partial charge in [-0.25, -0.2) is 9.78 Å². The van der Waals surface area contributed by atoms with Crippen LogP contribution in [-0.4, -0.2) is 30.1 Å². The second kappa shape index (κ2) is 8.02. The summed E-state index contributed by atoms with van der Waals surface area (Å²) in [6, 6.07) is 3.01. The minimum absolute atomic E-state index is 0.0733. The van der Waals surface area contributed by atoms with Crippen molar-refractivity contribution in [2.24, 2.45) is 0 Å². The average Bonchev–Trinajstić information content (AvgIpc) is 2.94. The Labute approximate surface area is 150 Å². The minimum atomic E-state index is -0.490. The number of methoxy groups -OCH3 is 1. The largest absolute Gasteiger partial charge is 0.474 e. The van der Waals surface area contributed by atoms with Gasteiger partial charge < -0.3 is 19.2 Å². The molecule has 0 saturated carbocycles. The quantitative estimate of drug-likeness (QED) is 0.790. The lowest BCUT2D eigenvalue weighted by atomic mass is 10.2. The van der Waals surface area contributed by atoms with Gasteiger partial charge in [0, 0.05) is 6.20 Å². The van der Waals surface area contributed by atoms with Gasteiger partial charge in [0.15, 0.2) is 0 Å². The molecule has 0 saturated heterocycles. The summed E-state index contributed by atoms with van der Waals surface area (Å²) in [6.07, 6.45) is 1.31. The number of rotatable bonds is 6. The first-order chi connectivity index (χ1) is 11.8. The van der Waals surface area contributed by atoms with E-state index >= 15 is 0 Å². The Morgan fingerprint density at radius 1 is 1.36 bits per heavy atom. The number of aryl methyl sites for hydroxylation is 1. The smallest absolute Gasteiger partial charge is 0.341 e. The zero-order valence-electron chi connectivity index (χ0n) is 14.4. The molecule has 0 atom stereocenters. The Hall–Kier alpha value is -2.54. The highest BCUT2D eigenvalue weighted by atomic mass is 35.5. The van der Waals surface area contributed by atoms with Crippen LogP contribution < -0.4 is 10.1 Å². The summed E-state index contributed by atoms with van der Waals surface area (Å²) < 4.78 is 15.5. The number of hydrogen-bond donors (Lipinski definition) is 1. The minimum Gasteiger partial charge on any atom is -0.474 e. The lowest BCUT2D eigenvalue weighted by molar-refractivity contribution is 0.0598. The highest BCUT2D eigenvalue weighted by molar-refractivity contribution is 6.32. The molecule has 2 heterocycles. The molecule has 0 bridgehead atoms. The summed E-state index contributed by atoms with van der Waals surface area (Å²) >= 11 is 6.07. The normalized spacial score (nSPS) is 10.6. The first-order valence-corrected chi connectivity index (χ1v) is 7.97. The molecule has 0 radical (unpaired) electrons. The van der Waals surface area contributed by atoms with E-state index in [4.69, 9.17) is 20.8 Å². The van der Waals surface area contributed by atoms with Crippen molar-refractivity contribution in [3.63, 3.8) is 0 Å². The number of hydrogen-bond acceptors (Lipinski definition) is 6. The molecule has 0 aliphatic rings. The predicted octanol–water partition coefficient (Wildman–Crippen LogP) is 3.14. The molecule has 1 N–H and O–H groups in total. The van der Waals surface area contributed by atoms with E-state index in [1.807, 2.05) is 13.8 Å². The number of carbonyl (C=O) groups is 2. The maximum atomic E-state index is 12.2. The van der Waals surface area contributed by atoms with E-state index in [0.29, 0.717) is 17.1 Å². The third-order valence-corrected chi connectivity index (χ3v) is 3.49. The fraction of sp³-hybridized carbons (Fsp3) is 0.353. The van der Waals surface area contributed by atoms with Crippen LogP contribution in [0.2, 0.25) is 5.02 Å². The van der Waals surface area contributed by atoms with E-state index in [2.05, 4.69) is 15.0 Å². The Morgan fingerprint density at radius 3 is 2.68 bits per heavy atom. The highest BCUT2D eigenvalue weighted by Crippen LogP contribution is 2.23. The molecule has 2 aromatic heterocycles. The van der Waals surface area contributed by atoms with Gasteiger partial charge in [-0.15, -0.1) is 0 Å². The Bertz CT molecular complexity index is 785. The van der Waals surface area contributed by atoms with Gasteiger partial charge in [0.05, 0.1) is 25.3 Å². The lowest BCUT2D eigenvalue weighted by Gasteiger charge is -2.10. The van der Waals surface area contributed by atoms with Crippen molar-refractivity contribution in [1.29, 1.82) is 0 Å². The molecule has 0 fully saturated rings. The molecule has 134 valence electrons. The number of pyridine rings is 1. The number of furan rings is 1. The maximum Gasteiger partial charge on any atom is 0.341 e. The van der Waals surface area contributed by atoms with Crippen LogP contribution in [0, 0.1) is 6.92 Å². The lowest BCUT2D eigenvalue weighted by Crippen LogP contribution is -2.22. The summed E-state index contributed by atoms with van der Waals surface area (Å²) in [5, 5.41) is 2.93. The third kappa shape index (κ3) is 4.73. The van der Waals surface area contributed by atoms with Crippen molar-refractivity contribution in [2.75, 3.05) is 7.11 Å². The monoisotopic (exact) mass is 366 g/mol. The van der Waals surface area contributed by atoms with Crippen LogP contribution in [0.25, 0.3) is 0 Å². The molecular weight excluding hydrogens is 348 g/mol. The number of carbonyl (C=O) groups excluding carboxylic acids is 2. The Balaban J connectivity index is 2.03. The van der Waals surface area contributed by atoms with Gasteiger partial charge in [-0.2, -0.15) is 0 Å². The van der Waals surface area contributed by atoms with Crippen LogP contribution in [0.1, 0.15) is 46.1 Å². The van der Waals surface area contributed by atoms with Gasteiger partial charge in [-0.05, 0) is 32.9 Å². The van der Waals surface area contributed by atoms with Crippen LogP contribution in [0.15, 0.2) is 22.7 Å². The van der Waals surface area contributed by atoms with Crippen molar-refractivity contribution < 1.29 is 23.5 Å². The predicted molar refractivity (Wildman–Crippen MR) is 91.0 cm³/mol. The number of esters is 1. The van der Waals surface area contributed by atoms with E-state index in [0.717, 1.165) is 0 Å². The first kappa shape index (κ1) is 18.8. The Morgan fingerprint density at radius 2 is 2.08 bits per heavy atom. The summed E-state index contributed by atoms with van der Waals surface area (Å²) in [4.78, 5) is 27.8. The average molecular weight is 367 g/mol. The number of ether oxygens (including phenoxy) is 2. The molecule has 0 spiro atoms. The van der Waals surface area contributed by atoms with E-state index in [1.54, 1.807) is 6.92 Å². The third-order valence-electron chi connectivity index (χ3n) is 3.21. The fourth-order valence-electron chi connectivity index (χ4n) is 2.07. The molecule has 0 aliphatic heterocycles.